The first kappa shape index (κ1) is 12.9. The molecule has 0 N–H and O–H groups in total. The van der Waals surface area contributed by atoms with Crippen LogP contribution in [0.3, 0.4) is 0 Å². The summed E-state index contributed by atoms with van der Waals surface area (Å²) < 4.78 is 0. The van der Waals surface area contributed by atoms with Crippen molar-refractivity contribution in [1.82, 2.24) is 0 Å². The largest absolute Gasteiger partial charge is 0.139 e. The number of aryl methyl sites for hydroxylation is 4. The lowest BCUT2D eigenvalue weighted by Gasteiger charge is -2.09. The van der Waals surface area contributed by atoms with Gasteiger partial charge in [0.15, 0.2) is 0 Å². The van der Waals surface area contributed by atoms with E-state index < -0.39 is 0 Å². The van der Waals surface area contributed by atoms with Crippen LogP contribution < -0.4 is 5.46 Å². The first-order valence-electron chi connectivity index (χ1n) is 6.78. The minimum absolute atomic E-state index is 1.18. The van der Waals surface area contributed by atoms with Crippen molar-refractivity contribution in [2.24, 2.45) is 0 Å². The normalized spacial score (nSPS) is 10.6. The van der Waals surface area contributed by atoms with E-state index in [1.807, 2.05) is 0 Å². The van der Waals surface area contributed by atoms with Crippen LogP contribution in [-0.2, 0) is 12.8 Å². The zero-order valence-corrected chi connectivity index (χ0v) is 11.7. The van der Waals surface area contributed by atoms with Crippen LogP contribution in [0.1, 0.15) is 28.7 Å². The highest BCUT2D eigenvalue weighted by Gasteiger charge is 2.02. The summed E-state index contributed by atoms with van der Waals surface area (Å²) in [6, 6.07) is 15.3. The van der Waals surface area contributed by atoms with Gasteiger partial charge in [0.1, 0.15) is 7.85 Å². The molecule has 0 heterocycles. The van der Waals surface area contributed by atoms with Crippen molar-refractivity contribution in [3.8, 4) is 0 Å². The Kier molecular flexibility index (Phi) is 4.25. The maximum Gasteiger partial charge on any atom is 0.139 e. The highest BCUT2D eigenvalue weighted by atomic mass is 14.1. The van der Waals surface area contributed by atoms with Gasteiger partial charge in [-0.05, 0) is 44.2 Å². The lowest BCUT2D eigenvalue weighted by atomic mass is 9.84. The van der Waals surface area contributed by atoms with Gasteiger partial charge in [0.25, 0.3) is 0 Å². The third kappa shape index (κ3) is 3.04. The van der Waals surface area contributed by atoms with Crippen molar-refractivity contribution >= 4 is 13.3 Å². The van der Waals surface area contributed by atoms with Crippen LogP contribution in [0.2, 0.25) is 0 Å². The molecule has 92 valence electrons. The van der Waals surface area contributed by atoms with E-state index in [1.165, 1.54) is 47.0 Å². The van der Waals surface area contributed by atoms with E-state index >= 15 is 0 Å². The first-order valence-corrected chi connectivity index (χ1v) is 6.78. The highest BCUT2D eigenvalue weighted by Crippen LogP contribution is 2.11. The lowest BCUT2D eigenvalue weighted by Crippen LogP contribution is -2.14. The number of benzene rings is 2. The molecular formula is C17H21B. The third-order valence-corrected chi connectivity index (χ3v) is 3.87. The molecule has 0 saturated heterocycles. The molecule has 18 heavy (non-hydrogen) atoms. The minimum atomic E-state index is 1.18. The second kappa shape index (κ2) is 5.90. The van der Waals surface area contributed by atoms with Gasteiger partial charge in [-0.2, -0.15) is 0 Å². The van der Waals surface area contributed by atoms with Crippen LogP contribution >= 0.6 is 0 Å². The molecule has 0 fully saturated rings. The number of hydrogen-bond donors (Lipinski definition) is 0. The second-order valence-corrected chi connectivity index (χ2v) is 5.14. The van der Waals surface area contributed by atoms with Gasteiger partial charge < -0.3 is 0 Å². The summed E-state index contributed by atoms with van der Waals surface area (Å²) in [5.74, 6) is 0. The summed E-state index contributed by atoms with van der Waals surface area (Å²) >= 11 is 0. The number of rotatable bonds is 4. The second-order valence-electron chi connectivity index (χ2n) is 5.14. The van der Waals surface area contributed by atoms with Crippen LogP contribution in [0.4, 0.5) is 0 Å². The molecule has 0 spiro atoms. The van der Waals surface area contributed by atoms with Gasteiger partial charge >= 0.3 is 0 Å². The Morgan fingerprint density at radius 3 is 2.17 bits per heavy atom. The summed E-state index contributed by atoms with van der Waals surface area (Å²) in [5.41, 5.74) is 7.27. The van der Waals surface area contributed by atoms with Crippen LogP contribution in [0.25, 0.3) is 0 Å². The van der Waals surface area contributed by atoms with Crippen LogP contribution in [0, 0.1) is 13.8 Å². The van der Waals surface area contributed by atoms with Gasteiger partial charge in [0.2, 0.25) is 0 Å². The average Bonchev–Trinajstić information content (AvgIpc) is 2.37. The van der Waals surface area contributed by atoms with E-state index in [4.69, 9.17) is 0 Å². The Hall–Kier alpha value is -1.50. The molecule has 1 heteroatoms. The van der Waals surface area contributed by atoms with E-state index in [0.717, 1.165) is 0 Å². The Bertz CT molecular complexity index is 529. The van der Waals surface area contributed by atoms with Crippen molar-refractivity contribution in [2.45, 2.75) is 33.1 Å². The molecular weight excluding hydrogens is 215 g/mol. The quantitative estimate of drug-likeness (QED) is 0.716. The molecule has 2 rings (SSSR count). The third-order valence-electron chi connectivity index (χ3n) is 3.87. The summed E-state index contributed by atoms with van der Waals surface area (Å²) in [6.45, 7) is 4.40. The molecule has 0 aliphatic carbocycles. The Morgan fingerprint density at radius 2 is 1.39 bits per heavy atom. The van der Waals surface area contributed by atoms with E-state index in [0.29, 0.717) is 0 Å². The summed E-state index contributed by atoms with van der Waals surface area (Å²) in [7, 11) is 2.23. The standard InChI is InChI=1S/C17H21B/c1-13-7-3-4-9-15(13)10-6-12-16-11-5-8-14(2)17(16)18/h3-5,7-9,11H,6,10,12,18H2,1-2H3. The lowest BCUT2D eigenvalue weighted by molar-refractivity contribution is 0.818. The molecule has 0 aliphatic rings. The topological polar surface area (TPSA) is 0 Å². The van der Waals surface area contributed by atoms with E-state index in [9.17, 15) is 0 Å². The zero-order chi connectivity index (χ0) is 13.0. The fourth-order valence-corrected chi connectivity index (χ4v) is 2.44. The maximum atomic E-state index is 2.26. The Balaban J connectivity index is 1.97. The van der Waals surface area contributed by atoms with Gasteiger partial charge in [0.05, 0.1) is 0 Å². The Morgan fingerprint density at radius 1 is 0.778 bits per heavy atom. The molecule has 0 bridgehead atoms. The van der Waals surface area contributed by atoms with Gasteiger partial charge in [0, 0.05) is 0 Å². The van der Waals surface area contributed by atoms with Crippen LogP contribution in [-0.4, -0.2) is 7.85 Å². The van der Waals surface area contributed by atoms with E-state index in [-0.39, 0.29) is 0 Å². The molecule has 0 aliphatic heterocycles. The van der Waals surface area contributed by atoms with E-state index in [1.54, 1.807) is 0 Å². The predicted molar refractivity (Wildman–Crippen MR) is 82.6 cm³/mol. The molecule has 0 unspecified atom stereocenters. The van der Waals surface area contributed by atoms with Crippen molar-refractivity contribution < 1.29 is 0 Å². The molecule has 2 aromatic rings. The number of hydrogen-bond acceptors (Lipinski definition) is 0. The molecule has 0 amide bonds. The SMILES string of the molecule is Bc1c(C)cccc1CCCc1ccccc1C. The monoisotopic (exact) mass is 236 g/mol. The van der Waals surface area contributed by atoms with Crippen molar-refractivity contribution in [1.29, 1.82) is 0 Å². The Labute approximate surface area is 111 Å². The molecule has 0 saturated carbocycles. The fourth-order valence-electron chi connectivity index (χ4n) is 2.44. The van der Waals surface area contributed by atoms with Crippen LogP contribution in [0.5, 0.6) is 0 Å². The van der Waals surface area contributed by atoms with Crippen molar-refractivity contribution in [3.63, 3.8) is 0 Å². The highest BCUT2D eigenvalue weighted by molar-refractivity contribution is 6.34. The van der Waals surface area contributed by atoms with Crippen LogP contribution in [0.15, 0.2) is 42.5 Å². The fraction of sp³-hybridized carbons (Fsp3) is 0.294. The minimum Gasteiger partial charge on any atom is -0.0830 e. The molecule has 0 atom stereocenters. The summed E-state index contributed by atoms with van der Waals surface area (Å²) in [5, 5.41) is 0. The predicted octanol–water partition coefficient (Wildman–Crippen LogP) is 2.74. The van der Waals surface area contributed by atoms with Gasteiger partial charge in [-0.25, -0.2) is 0 Å². The van der Waals surface area contributed by atoms with Crippen molar-refractivity contribution in [3.05, 3.63) is 64.7 Å². The zero-order valence-electron chi connectivity index (χ0n) is 11.7. The van der Waals surface area contributed by atoms with Gasteiger partial charge in [-0.3, -0.25) is 0 Å². The molecule has 2 aromatic carbocycles. The summed E-state index contributed by atoms with van der Waals surface area (Å²) in [6.07, 6.45) is 3.59. The smallest absolute Gasteiger partial charge is 0.0830 e. The van der Waals surface area contributed by atoms with E-state index in [2.05, 4.69) is 64.2 Å². The van der Waals surface area contributed by atoms with Gasteiger partial charge in [-0.15, -0.1) is 0 Å². The van der Waals surface area contributed by atoms with Gasteiger partial charge in [-0.1, -0.05) is 59.1 Å². The summed E-state index contributed by atoms with van der Waals surface area (Å²) in [4.78, 5) is 0. The molecule has 0 radical (unpaired) electrons. The van der Waals surface area contributed by atoms with Crippen molar-refractivity contribution in [2.75, 3.05) is 0 Å². The average molecular weight is 236 g/mol. The first-order chi connectivity index (χ1) is 8.68. The molecule has 0 aromatic heterocycles. The maximum absolute atomic E-state index is 2.26. The molecule has 0 nitrogen and oxygen atoms in total.